The second kappa shape index (κ2) is 7.66. The van der Waals surface area contributed by atoms with E-state index in [-0.39, 0.29) is 0 Å². The van der Waals surface area contributed by atoms with E-state index in [9.17, 15) is 4.79 Å². The predicted molar refractivity (Wildman–Crippen MR) is 67.4 cm³/mol. The lowest BCUT2D eigenvalue weighted by molar-refractivity contribution is -0.133. The number of unbranched alkanes of at least 4 members (excludes halogenated alkanes) is 1. The quantitative estimate of drug-likeness (QED) is 0.675. The number of carbonyl (C=O) groups excluding carboxylic acids is 1. The van der Waals surface area contributed by atoms with Crippen molar-refractivity contribution in [3.05, 3.63) is 0 Å². The molecule has 0 bridgehead atoms. The Balaban J connectivity index is 2.03. The molecule has 0 radical (unpaired) electrons. The van der Waals surface area contributed by atoms with Gasteiger partial charge in [0.2, 0.25) is 5.91 Å². The van der Waals surface area contributed by atoms with Crippen molar-refractivity contribution < 1.29 is 4.79 Å². The lowest BCUT2D eigenvalue weighted by atomic mass is 10.1. The molecule has 1 N–H and O–H groups in total. The van der Waals surface area contributed by atoms with Gasteiger partial charge in [-0.1, -0.05) is 13.3 Å². The molecular weight excluding hydrogens is 200 g/mol. The second-order valence-corrected chi connectivity index (χ2v) is 4.79. The van der Waals surface area contributed by atoms with Crippen molar-refractivity contribution in [3.63, 3.8) is 0 Å². The molecule has 0 spiro atoms. The Morgan fingerprint density at radius 2 is 2.19 bits per heavy atom. The third-order valence-electron chi connectivity index (χ3n) is 3.29. The van der Waals surface area contributed by atoms with Gasteiger partial charge in [-0.2, -0.15) is 0 Å². The van der Waals surface area contributed by atoms with Crippen LogP contribution >= 0.6 is 0 Å². The topological polar surface area (TPSA) is 32.3 Å². The first kappa shape index (κ1) is 13.5. The molecule has 1 rings (SSSR count). The number of rotatable bonds is 7. The summed E-state index contributed by atoms with van der Waals surface area (Å²) in [5.41, 5.74) is 0. The van der Waals surface area contributed by atoms with E-state index in [1.807, 2.05) is 4.90 Å². The summed E-state index contributed by atoms with van der Waals surface area (Å²) in [5, 5.41) is 3.41. The van der Waals surface area contributed by atoms with Crippen molar-refractivity contribution in [2.24, 2.45) is 0 Å². The Kier molecular flexibility index (Phi) is 6.46. The summed E-state index contributed by atoms with van der Waals surface area (Å²) in [6.45, 7) is 7.38. The van der Waals surface area contributed by atoms with Gasteiger partial charge in [-0.25, -0.2) is 0 Å². The fourth-order valence-electron chi connectivity index (χ4n) is 2.30. The molecule has 1 atom stereocenters. The third-order valence-corrected chi connectivity index (χ3v) is 3.29. The van der Waals surface area contributed by atoms with E-state index in [0.717, 1.165) is 38.9 Å². The number of piperidine rings is 1. The maximum Gasteiger partial charge on any atom is 0.222 e. The highest BCUT2D eigenvalue weighted by molar-refractivity contribution is 5.76. The zero-order valence-corrected chi connectivity index (χ0v) is 10.8. The average Bonchev–Trinajstić information content (AvgIpc) is 2.27. The number of nitrogens with zero attached hydrogens (tertiary/aromatic N) is 1. The summed E-state index contributed by atoms with van der Waals surface area (Å²) in [5.74, 6) is 0.367. The molecule has 1 aliphatic rings. The Morgan fingerprint density at radius 1 is 1.38 bits per heavy atom. The molecule has 0 saturated carbocycles. The standard InChI is InChI=1S/C13H26N2O/c1-3-14-12(2)8-4-6-10-15-11-7-5-9-13(15)16/h12,14H,3-11H2,1-2H3. The van der Waals surface area contributed by atoms with Gasteiger partial charge in [0.1, 0.15) is 0 Å². The predicted octanol–water partition coefficient (Wildman–Crippen LogP) is 2.17. The highest BCUT2D eigenvalue weighted by Gasteiger charge is 2.16. The number of amides is 1. The number of carbonyl (C=O) groups is 1. The van der Waals surface area contributed by atoms with Crippen LogP contribution in [-0.4, -0.2) is 36.5 Å². The van der Waals surface area contributed by atoms with Crippen LogP contribution < -0.4 is 5.32 Å². The Hall–Kier alpha value is -0.570. The molecule has 0 aromatic rings. The van der Waals surface area contributed by atoms with Crippen LogP contribution in [0.3, 0.4) is 0 Å². The summed E-state index contributed by atoms with van der Waals surface area (Å²) in [6.07, 6.45) is 6.65. The van der Waals surface area contributed by atoms with Crippen LogP contribution in [-0.2, 0) is 4.79 Å². The van der Waals surface area contributed by atoms with E-state index in [1.54, 1.807) is 0 Å². The largest absolute Gasteiger partial charge is 0.343 e. The molecule has 1 saturated heterocycles. The summed E-state index contributed by atoms with van der Waals surface area (Å²) < 4.78 is 0. The van der Waals surface area contributed by atoms with Gasteiger partial charge in [-0.15, -0.1) is 0 Å². The fourth-order valence-corrected chi connectivity index (χ4v) is 2.30. The van der Waals surface area contributed by atoms with Crippen molar-refractivity contribution in [1.82, 2.24) is 10.2 Å². The maximum absolute atomic E-state index is 11.5. The van der Waals surface area contributed by atoms with Gasteiger partial charge in [-0.05, 0) is 39.2 Å². The highest BCUT2D eigenvalue weighted by Crippen LogP contribution is 2.11. The third kappa shape index (κ3) is 4.97. The van der Waals surface area contributed by atoms with Gasteiger partial charge in [0.15, 0.2) is 0 Å². The molecule has 1 heterocycles. The molecular formula is C13H26N2O. The smallest absolute Gasteiger partial charge is 0.222 e. The van der Waals surface area contributed by atoms with E-state index in [4.69, 9.17) is 0 Å². The van der Waals surface area contributed by atoms with E-state index < -0.39 is 0 Å². The van der Waals surface area contributed by atoms with Crippen LogP contribution in [0.1, 0.15) is 52.4 Å². The number of nitrogens with one attached hydrogen (secondary N) is 1. The van der Waals surface area contributed by atoms with Gasteiger partial charge < -0.3 is 10.2 Å². The van der Waals surface area contributed by atoms with Crippen LogP contribution in [0.25, 0.3) is 0 Å². The van der Waals surface area contributed by atoms with Gasteiger partial charge in [-0.3, -0.25) is 4.79 Å². The van der Waals surface area contributed by atoms with Gasteiger partial charge in [0, 0.05) is 25.6 Å². The molecule has 1 fully saturated rings. The van der Waals surface area contributed by atoms with Gasteiger partial charge in [0.25, 0.3) is 0 Å². The average molecular weight is 226 g/mol. The summed E-state index contributed by atoms with van der Waals surface area (Å²) >= 11 is 0. The maximum atomic E-state index is 11.5. The van der Waals surface area contributed by atoms with Crippen LogP contribution in [0, 0.1) is 0 Å². The normalized spacial score (nSPS) is 18.9. The molecule has 1 aliphatic heterocycles. The number of hydrogen-bond donors (Lipinski definition) is 1. The summed E-state index contributed by atoms with van der Waals surface area (Å²) in [7, 11) is 0. The Labute approximate surface area is 99.6 Å². The Bertz CT molecular complexity index is 206. The monoisotopic (exact) mass is 226 g/mol. The van der Waals surface area contributed by atoms with Crippen molar-refractivity contribution in [1.29, 1.82) is 0 Å². The van der Waals surface area contributed by atoms with E-state index >= 15 is 0 Å². The molecule has 16 heavy (non-hydrogen) atoms. The van der Waals surface area contributed by atoms with E-state index in [0.29, 0.717) is 11.9 Å². The van der Waals surface area contributed by atoms with Crippen molar-refractivity contribution in [3.8, 4) is 0 Å². The van der Waals surface area contributed by atoms with Crippen LogP contribution in [0.2, 0.25) is 0 Å². The van der Waals surface area contributed by atoms with Crippen molar-refractivity contribution >= 4 is 5.91 Å². The molecule has 1 amide bonds. The Morgan fingerprint density at radius 3 is 2.88 bits per heavy atom. The van der Waals surface area contributed by atoms with E-state index in [1.165, 1.54) is 19.3 Å². The zero-order chi connectivity index (χ0) is 11.8. The lowest BCUT2D eigenvalue weighted by Crippen LogP contribution is -2.36. The first-order valence-electron chi connectivity index (χ1n) is 6.75. The summed E-state index contributed by atoms with van der Waals surface area (Å²) in [4.78, 5) is 13.6. The first-order valence-corrected chi connectivity index (χ1v) is 6.75. The fraction of sp³-hybridized carbons (Fsp3) is 0.923. The molecule has 3 heteroatoms. The molecule has 1 unspecified atom stereocenters. The number of likely N-dealkylation sites (tertiary alicyclic amines) is 1. The van der Waals surface area contributed by atoms with Crippen LogP contribution in [0.4, 0.5) is 0 Å². The SMILES string of the molecule is CCNC(C)CCCCN1CCCCC1=O. The lowest BCUT2D eigenvalue weighted by Gasteiger charge is -2.26. The number of hydrogen-bond acceptors (Lipinski definition) is 2. The second-order valence-electron chi connectivity index (χ2n) is 4.79. The van der Waals surface area contributed by atoms with Crippen LogP contribution in [0.15, 0.2) is 0 Å². The minimum Gasteiger partial charge on any atom is -0.343 e. The van der Waals surface area contributed by atoms with Crippen molar-refractivity contribution in [2.45, 2.75) is 58.4 Å². The minimum absolute atomic E-state index is 0.367. The molecule has 0 aromatic carbocycles. The van der Waals surface area contributed by atoms with E-state index in [2.05, 4.69) is 19.2 Å². The summed E-state index contributed by atoms with van der Waals surface area (Å²) in [6, 6.07) is 0.613. The van der Waals surface area contributed by atoms with Gasteiger partial charge >= 0.3 is 0 Å². The molecule has 0 aliphatic carbocycles. The van der Waals surface area contributed by atoms with Gasteiger partial charge in [0.05, 0.1) is 0 Å². The first-order chi connectivity index (χ1) is 7.74. The molecule has 3 nitrogen and oxygen atoms in total. The molecule has 0 aromatic heterocycles. The highest BCUT2D eigenvalue weighted by atomic mass is 16.2. The van der Waals surface area contributed by atoms with Crippen LogP contribution in [0.5, 0.6) is 0 Å². The minimum atomic E-state index is 0.367. The van der Waals surface area contributed by atoms with Crippen molar-refractivity contribution in [2.75, 3.05) is 19.6 Å². The molecule has 94 valence electrons. The zero-order valence-electron chi connectivity index (χ0n) is 10.8.